The number of nitrogens with one attached hydrogen (secondary N) is 1. The minimum Gasteiger partial charge on any atom is -0.347 e. The van der Waals surface area contributed by atoms with Crippen molar-refractivity contribution in [1.82, 2.24) is 10.3 Å². The second-order valence-corrected chi connectivity index (χ2v) is 6.24. The van der Waals surface area contributed by atoms with Crippen LogP contribution in [-0.2, 0) is 16.8 Å². The van der Waals surface area contributed by atoms with Gasteiger partial charge in [0.25, 0.3) is 0 Å². The van der Waals surface area contributed by atoms with E-state index >= 15 is 0 Å². The SMILES string of the molecule is CC(C)(C)c1ccc(C=CC(=O)NCc2ccccn2)cc1. The zero-order valence-corrected chi connectivity index (χ0v) is 13.3. The number of pyridine rings is 1. The molecule has 2 aromatic rings. The molecule has 0 unspecified atom stereocenters. The lowest BCUT2D eigenvalue weighted by Crippen LogP contribution is -2.20. The number of nitrogens with zero attached hydrogens (tertiary/aromatic N) is 1. The maximum absolute atomic E-state index is 11.8. The van der Waals surface area contributed by atoms with Crippen molar-refractivity contribution in [3.05, 3.63) is 71.6 Å². The molecule has 1 N–H and O–H groups in total. The van der Waals surface area contributed by atoms with Gasteiger partial charge in [0, 0.05) is 12.3 Å². The molecule has 0 aliphatic heterocycles. The number of carbonyl (C=O) groups is 1. The Morgan fingerprint density at radius 3 is 2.45 bits per heavy atom. The van der Waals surface area contributed by atoms with Crippen LogP contribution in [0.2, 0.25) is 0 Å². The summed E-state index contributed by atoms with van der Waals surface area (Å²) in [5.74, 6) is -0.120. The Hall–Kier alpha value is -2.42. The Bertz CT molecular complexity index is 637. The average Bonchev–Trinajstić information content (AvgIpc) is 2.51. The van der Waals surface area contributed by atoms with Crippen molar-refractivity contribution in [1.29, 1.82) is 0 Å². The highest BCUT2D eigenvalue weighted by Crippen LogP contribution is 2.22. The maximum Gasteiger partial charge on any atom is 0.244 e. The Morgan fingerprint density at radius 2 is 1.86 bits per heavy atom. The van der Waals surface area contributed by atoms with Crippen molar-refractivity contribution >= 4 is 12.0 Å². The van der Waals surface area contributed by atoms with Gasteiger partial charge in [-0.1, -0.05) is 51.1 Å². The molecule has 1 aromatic heterocycles. The summed E-state index contributed by atoms with van der Waals surface area (Å²) < 4.78 is 0. The number of amides is 1. The summed E-state index contributed by atoms with van der Waals surface area (Å²) in [5, 5.41) is 2.82. The van der Waals surface area contributed by atoms with Gasteiger partial charge in [-0.05, 0) is 34.8 Å². The second kappa shape index (κ2) is 7.03. The predicted octanol–water partition coefficient (Wildman–Crippen LogP) is 3.71. The summed E-state index contributed by atoms with van der Waals surface area (Å²) in [6.07, 6.45) is 5.09. The fraction of sp³-hybridized carbons (Fsp3) is 0.263. The Morgan fingerprint density at radius 1 is 1.14 bits per heavy atom. The topological polar surface area (TPSA) is 42.0 Å². The van der Waals surface area contributed by atoms with Gasteiger partial charge in [-0.2, -0.15) is 0 Å². The Kier molecular flexibility index (Phi) is 5.10. The Balaban J connectivity index is 1.90. The van der Waals surface area contributed by atoms with E-state index in [4.69, 9.17) is 0 Å². The molecule has 114 valence electrons. The summed E-state index contributed by atoms with van der Waals surface area (Å²) in [7, 11) is 0. The lowest BCUT2D eigenvalue weighted by atomic mass is 9.87. The van der Waals surface area contributed by atoms with Crippen molar-refractivity contribution in [2.24, 2.45) is 0 Å². The number of aromatic nitrogens is 1. The van der Waals surface area contributed by atoms with Crippen LogP contribution in [0.5, 0.6) is 0 Å². The largest absolute Gasteiger partial charge is 0.347 e. The van der Waals surface area contributed by atoms with Gasteiger partial charge in [0.15, 0.2) is 0 Å². The number of benzene rings is 1. The van der Waals surface area contributed by atoms with E-state index in [2.05, 4.69) is 43.2 Å². The van der Waals surface area contributed by atoms with Gasteiger partial charge in [-0.25, -0.2) is 0 Å². The quantitative estimate of drug-likeness (QED) is 0.873. The third-order valence-electron chi connectivity index (χ3n) is 3.37. The van der Waals surface area contributed by atoms with Crippen LogP contribution in [0.4, 0.5) is 0 Å². The predicted molar refractivity (Wildman–Crippen MR) is 90.3 cm³/mol. The van der Waals surface area contributed by atoms with Crippen molar-refractivity contribution in [2.75, 3.05) is 0 Å². The molecule has 0 aliphatic rings. The van der Waals surface area contributed by atoms with E-state index < -0.39 is 0 Å². The summed E-state index contributed by atoms with van der Waals surface area (Å²) in [5.41, 5.74) is 3.28. The summed E-state index contributed by atoms with van der Waals surface area (Å²) in [6, 6.07) is 13.9. The minimum absolute atomic E-state index is 0.120. The molecule has 0 saturated heterocycles. The van der Waals surface area contributed by atoms with Crippen LogP contribution in [-0.4, -0.2) is 10.9 Å². The van der Waals surface area contributed by atoms with E-state index in [0.29, 0.717) is 6.54 Å². The van der Waals surface area contributed by atoms with Gasteiger partial charge in [0.1, 0.15) is 0 Å². The van der Waals surface area contributed by atoms with Crippen molar-refractivity contribution in [2.45, 2.75) is 32.7 Å². The van der Waals surface area contributed by atoms with Gasteiger partial charge in [0.2, 0.25) is 5.91 Å². The van der Waals surface area contributed by atoms with Crippen molar-refractivity contribution in [3.8, 4) is 0 Å². The molecule has 0 bridgehead atoms. The molecule has 0 spiro atoms. The fourth-order valence-electron chi connectivity index (χ4n) is 2.01. The third-order valence-corrected chi connectivity index (χ3v) is 3.37. The van der Waals surface area contributed by atoms with Gasteiger partial charge < -0.3 is 5.32 Å². The zero-order valence-electron chi connectivity index (χ0n) is 13.3. The maximum atomic E-state index is 11.8. The molecule has 0 fully saturated rings. The highest BCUT2D eigenvalue weighted by Gasteiger charge is 2.12. The first-order valence-corrected chi connectivity index (χ1v) is 7.41. The van der Waals surface area contributed by atoms with Crippen molar-refractivity contribution in [3.63, 3.8) is 0 Å². The lowest BCUT2D eigenvalue weighted by molar-refractivity contribution is -0.116. The van der Waals surface area contributed by atoms with Crippen LogP contribution in [0, 0.1) is 0 Å². The molecule has 2 rings (SSSR count). The summed E-state index contributed by atoms with van der Waals surface area (Å²) in [6.45, 7) is 6.99. The summed E-state index contributed by atoms with van der Waals surface area (Å²) in [4.78, 5) is 16.0. The first-order valence-electron chi connectivity index (χ1n) is 7.41. The van der Waals surface area contributed by atoms with E-state index in [1.165, 1.54) is 5.56 Å². The molecule has 0 atom stereocenters. The van der Waals surface area contributed by atoms with Crippen LogP contribution < -0.4 is 5.32 Å². The van der Waals surface area contributed by atoms with Crippen LogP contribution in [0.3, 0.4) is 0 Å². The normalized spacial score (nSPS) is 11.6. The molecule has 1 amide bonds. The van der Waals surface area contributed by atoms with Crippen LogP contribution in [0.15, 0.2) is 54.7 Å². The molecular weight excluding hydrogens is 272 g/mol. The van der Waals surface area contributed by atoms with E-state index in [0.717, 1.165) is 11.3 Å². The number of carbonyl (C=O) groups excluding carboxylic acids is 1. The monoisotopic (exact) mass is 294 g/mol. The van der Waals surface area contributed by atoms with E-state index in [1.807, 2.05) is 36.4 Å². The zero-order chi connectivity index (χ0) is 16.0. The van der Waals surface area contributed by atoms with E-state index in [-0.39, 0.29) is 11.3 Å². The van der Waals surface area contributed by atoms with Gasteiger partial charge in [-0.15, -0.1) is 0 Å². The molecule has 1 aromatic carbocycles. The molecular formula is C19H22N2O. The van der Waals surface area contributed by atoms with E-state index in [1.54, 1.807) is 12.3 Å². The fourth-order valence-corrected chi connectivity index (χ4v) is 2.01. The average molecular weight is 294 g/mol. The first-order chi connectivity index (χ1) is 10.4. The lowest BCUT2D eigenvalue weighted by Gasteiger charge is -2.18. The highest BCUT2D eigenvalue weighted by molar-refractivity contribution is 5.91. The number of hydrogen-bond donors (Lipinski definition) is 1. The molecule has 3 heteroatoms. The number of hydrogen-bond acceptors (Lipinski definition) is 2. The highest BCUT2D eigenvalue weighted by atomic mass is 16.1. The smallest absolute Gasteiger partial charge is 0.244 e. The van der Waals surface area contributed by atoms with Gasteiger partial charge in [-0.3, -0.25) is 9.78 Å². The van der Waals surface area contributed by atoms with Crippen LogP contribution in [0.25, 0.3) is 6.08 Å². The second-order valence-electron chi connectivity index (χ2n) is 6.24. The van der Waals surface area contributed by atoms with Crippen LogP contribution in [0.1, 0.15) is 37.6 Å². The molecule has 0 radical (unpaired) electrons. The van der Waals surface area contributed by atoms with Crippen LogP contribution >= 0.6 is 0 Å². The minimum atomic E-state index is -0.120. The van der Waals surface area contributed by atoms with Gasteiger partial charge in [0.05, 0.1) is 12.2 Å². The van der Waals surface area contributed by atoms with Crippen molar-refractivity contribution < 1.29 is 4.79 Å². The molecule has 0 saturated carbocycles. The van der Waals surface area contributed by atoms with Gasteiger partial charge >= 0.3 is 0 Å². The third kappa shape index (κ3) is 4.85. The molecule has 3 nitrogen and oxygen atoms in total. The molecule has 22 heavy (non-hydrogen) atoms. The Labute approximate surface area is 132 Å². The van der Waals surface area contributed by atoms with E-state index in [9.17, 15) is 4.79 Å². The molecule has 0 aliphatic carbocycles. The standard InChI is InChI=1S/C19H22N2O/c1-19(2,3)16-10-7-15(8-11-16)9-12-18(22)21-14-17-6-4-5-13-20-17/h4-13H,14H2,1-3H3,(H,21,22). The number of rotatable bonds is 4. The summed E-state index contributed by atoms with van der Waals surface area (Å²) >= 11 is 0. The first kappa shape index (κ1) is 16.0. The molecule has 1 heterocycles.